The molecule has 0 N–H and O–H groups in total. The third-order valence-corrected chi connectivity index (χ3v) is 1.35. The molecule has 0 saturated heterocycles. The van der Waals surface area contributed by atoms with Gasteiger partial charge in [-0.15, -0.1) is 0 Å². The van der Waals surface area contributed by atoms with E-state index in [2.05, 4.69) is 55.4 Å². The van der Waals surface area contributed by atoms with Crippen molar-refractivity contribution in [3.63, 3.8) is 0 Å². The minimum Gasteiger partial charge on any atom is -1.00 e. The van der Waals surface area contributed by atoms with E-state index in [0.717, 1.165) is 22.1 Å². The normalized spacial score (nSPS) is 9.88. The van der Waals surface area contributed by atoms with E-state index in [-0.39, 0.29) is 24.8 Å². The van der Waals surface area contributed by atoms with Crippen LogP contribution in [0.25, 0.3) is 0 Å². The summed E-state index contributed by atoms with van der Waals surface area (Å²) in [4.78, 5) is 0. The van der Waals surface area contributed by atoms with E-state index in [4.69, 9.17) is 0 Å². The minimum atomic E-state index is 0. The Morgan fingerprint density at radius 1 is 0.688 bits per heavy atom. The Balaban J connectivity index is -0.0000000800. The lowest BCUT2D eigenvalue weighted by molar-refractivity contribution is -0.864. The molecule has 16 heavy (non-hydrogen) atoms. The van der Waals surface area contributed by atoms with E-state index in [9.17, 15) is 0 Å². The zero-order valence-corrected chi connectivity index (χ0v) is 13.1. The zero-order valence-electron chi connectivity index (χ0n) is 11.6. The summed E-state index contributed by atoms with van der Waals surface area (Å²) in [6, 6.07) is 0. The Morgan fingerprint density at radius 3 is 0.875 bits per heavy atom. The van der Waals surface area contributed by atoms with Crippen molar-refractivity contribution in [1.82, 2.24) is 0 Å². The predicted octanol–water partition coefficient (Wildman–Crippen LogP) is -4.23. The van der Waals surface area contributed by atoms with Crippen LogP contribution in [-0.4, -0.2) is 64.3 Å². The standard InChI is InChI=1S/2C6H14N.2ClH/c2*1-5-6-7(2,3)4;;/h2*5H,1,6H2,2-4H3;2*1H/q2*+1;;/p-2. The lowest BCUT2D eigenvalue weighted by atomic mass is 10.5. The summed E-state index contributed by atoms with van der Waals surface area (Å²) in [7, 11) is 12.8. The highest BCUT2D eigenvalue weighted by Crippen LogP contribution is 1.87. The molecule has 0 rings (SSSR count). The topological polar surface area (TPSA) is 0 Å². The van der Waals surface area contributed by atoms with Crippen molar-refractivity contribution in [2.45, 2.75) is 0 Å². The van der Waals surface area contributed by atoms with Crippen LogP contribution in [0.4, 0.5) is 0 Å². The maximum absolute atomic E-state index is 3.63. The van der Waals surface area contributed by atoms with E-state index in [1.807, 2.05) is 12.2 Å². The quantitative estimate of drug-likeness (QED) is 0.359. The number of rotatable bonds is 4. The predicted molar refractivity (Wildman–Crippen MR) is 66.2 cm³/mol. The number of quaternary nitrogens is 2. The Hall–Kier alpha value is -0.0200. The first-order valence-electron chi connectivity index (χ1n) is 4.95. The smallest absolute Gasteiger partial charge is 0.0964 e. The molecular weight excluding hydrogens is 243 g/mol. The van der Waals surface area contributed by atoms with Gasteiger partial charge in [-0.25, -0.2) is 0 Å². The first kappa shape index (κ1) is 25.0. The molecule has 0 aromatic rings. The Kier molecular flexibility index (Phi) is 17.9. The van der Waals surface area contributed by atoms with Crippen molar-refractivity contribution < 1.29 is 33.8 Å². The molecule has 0 saturated carbocycles. The van der Waals surface area contributed by atoms with E-state index < -0.39 is 0 Å². The highest BCUT2D eigenvalue weighted by Gasteiger charge is 2.00. The van der Waals surface area contributed by atoms with Crippen molar-refractivity contribution in [3.8, 4) is 0 Å². The summed E-state index contributed by atoms with van der Waals surface area (Å²) in [5.74, 6) is 0. The van der Waals surface area contributed by atoms with Gasteiger partial charge in [-0.2, -0.15) is 0 Å². The average Bonchev–Trinajstić information content (AvgIpc) is 1.81. The zero-order chi connectivity index (χ0) is 11.8. The molecule has 0 fully saturated rings. The number of nitrogens with zero attached hydrogens (tertiary/aromatic N) is 2. The summed E-state index contributed by atoms with van der Waals surface area (Å²) in [5, 5.41) is 0. The van der Waals surface area contributed by atoms with Crippen LogP contribution in [-0.2, 0) is 0 Å². The molecule has 100 valence electrons. The van der Waals surface area contributed by atoms with Crippen LogP contribution in [0, 0.1) is 0 Å². The Bertz CT molecular complexity index is 147. The van der Waals surface area contributed by atoms with Crippen molar-refractivity contribution in [3.05, 3.63) is 25.3 Å². The fourth-order valence-electron chi connectivity index (χ4n) is 0.775. The van der Waals surface area contributed by atoms with Crippen molar-refractivity contribution in [1.29, 1.82) is 0 Å². The molecule has 0 bridgehead atoms. The first-order valence-corrected chi connectivity index (χ1v) is 4.95. The molecule has 0 aliphatic rings. The van der Waals surface area contributed by atoms with Crippen molar-refractivity contribution in [2.75, 3.05) is 55.4 Å². The van der Waals surface area contributed by atoms with Crippen LogP contribution in [0.5, 0.6) is 0 Å². The van der Waals surface area contributed by atoms with Gasteiger partial charge in [0, 0.05) is 0 Å². The van der Waals surface area contributed by atoms with E-state index in [1.165, 1.54) is 0 Å². The van der Waals surface area contributed by atoms with E-state index in [0.29, 0.717) is 0 Å². The van der Waals surface area contributed by atoms with Crippen LogP contribution in [0.1, 0.15) is 0 Å². The highest BCUT2D eigenvalue weighted by atomic mass is 35.5. The molecule has 0 radical (unpaired) electrons. The first-order chi connectivity index (χ1) is 6.12. The van der Waals surface area contributed by atoms with Gasteiger partial charge in [-0.05, 0) is 12.2 Å². The van der Waals surface area contributed by atoms with Gasteiger partial charge in [0.2, 0.25) is 0 Å². The van der Waals surface area contributed by atoms with Gasteiger partial charge in [0.05, 0.1) is 55.4 Å². The van der Waals surface area contributed by atoms with Gasteiger partial charge in [-0.3, -0.25) is 0 Å². The highest BCUT2D eigenvalue weighted by molar-refractivity contribution is 4.63. The van der Waals surface area contributed by atoms with Gasteiger partial charge >= 0.3 is 0 Å². The number of likely N-dealkylation sites (N-methyl/N-ethyl adjacent to an activating group) is 2. The molecule has 0 amide bonds. The van der Waals surface area contributed by atoms with Gasteiger partial charge in [0.1, 0.15) is 0 Å². The summed E-state index contributed by atoms with van der Waals surface area (Å²) < 4.78 is 1.95. The number of halogens is 2. The van der Waals surface area contributed by atoms with E-state index in [1.54, 1.807) is 0 Å². The number of hydrogen-bond acceptors (Lipinski definition) is 0. The summed E-state index contributed by atoms with van der Waals surface area (Å²) in [6.45, 7) is 9.34. The van der Waals surface area contributed by atoms with Crippen molar-refractivity contribution >= 4 is 0 Å². The number of hydrogen-bond donors (Lipinski definition) is 0. The summed E-state index contributed by atoms with van der Waals surface area (Å²) >= 11 is 0. The van der Waals surface area contributed by atoms with Crippen LogP contribution < -0.4 is 24.8 Å². The second-order valence-electron chi connectivity index (χ2n) is 5.52. The van der Waals surface area contributed by atoms with Crippen LogP contribution in [0.15, 0.2) is 25.3 Å². The monoisotopic (exact) mass is 270 g/mol. The van der Waals surface area contributed by atoms with Crippen LogP contribution in [0.3, 0.4) is 0 Å². The van der Waals surface area contributed by atoms with Gasteiger partial charge in [0.15, 0.2) is 0 Å². The fraction of sp³-hybridized carbons (Fsp3) is 0.667. The Morgan fingerprint density at radius 2 is 0.875 bits per heavy atom. The summed E-state index contributed by atoms with van der Waals surface area (Å²) in [6.07, 6.45) is 3.86. The largest absolute Gasteiger partial charge is 1.00 e. The van der Waals surface area contributed by atoms with Crippen LogP contribution >= 0.6 is 0 Å². The SMILES string of the molecule is C=CC[N+](C)(C)C.C=CC[N+](C)(C)C.[Cl-].[Cl-]. The fourth-order valence-corrected chi connectivity index (χ4v) is 0.775. The molecule has 0 heterocycles. The molecule has 4 heteroatoms. The molecule has 0 aliphatic carbocycles. The lowest BCUT2D eigenvalue weighted by Gasteiger charge is -2.21. The second kappa shape index (κ2) is 11.5. The molecule has 0 unspecified atom stereocenters. The van der Waals surface area contributed by atoms with E-state index >= 15 is 0 Å². The molecule has 2 nitrogen and oxygen atoms in total. The second-order valence-corrected chi connectivity index (χ2v) is 5.52. The van der Waals surface area contributed by atoms with Gasteiger partial charge < -0.3 is 33.8 Å². The maximum atomic E-state index is 3.63. The third-order valence-electron chi connectivity index (χ3n) is 1.35. The molecule has 0 aromatic heterocycles. The molecule has 0 atom stereocenters. The molecule has 0 aliphatic heterocycles. The molecule has 0 spiro atoms. The van der Waals surface area contributed by atoms with Crippen LogP contribution in [0.2, 0.25) is 0 Å². The average molecular weight is 271 g/mol. The van der Waals surface area contributed by atoms with Crippen molar-refractivity contribution in [2.24, 2.45) is 0 Å². The lowest BCUT2D eigenvalue weighted by Crippen LogP contribution is -3.00. The summed E-state index contributed by atoms with van der Waals surface area (Å²) in [5.41, 5.74) is 0. The van der Waals surface area contributed by atoms with Gasteiger partial charge in [0.25, 0.3) is 0 Å². The third kappa shape index (κ3) is 37.0. The van der Waals surface area contributed by atoms with Gasteiger partial charge in [-0.1, -0.05) is 13.2 Å². The molecular formula is C12H28Cl2N2. The maximum Gasteiger partial charge on any atom is 0.0964 e. The Labute approximate surface area is 115 Å². The molecule has 0 aromatic carbocycles. The minimum absolute atomic E-state index is 0.